The number of aryl methyl sites for hydroxylation is 1. The molecule has 0 aromatic carbocycles. The Hall–Kier alpha value is -0.540. The van der Waals surface area contributed by atoms with Crippen molar-refractivity contribution >= 4 is 28.9 Å². The third-order valence-corrected chi connectivity index (χ3v) is 4.29. The summed E-state index contributed by atoms with van der Waals surface area (Å²) in [4.78, 5) is 12.2. The molecule has 0 saturated carbocycles. The maximum absolute atomic E-state index is 11.0. The molecule has 1 aliphatic rings. The van der Waals surface area contributed by atoms with Crippen LogP contribution in [-0.4, -0.2) is 11.1 Å². The number of hydrogen-bond donors (Lipinski definition) is 1. The Morgan fingerprint density at radius 2 is 2.43 bits per heavy atom. The van der Waals surface area contributed by atoms with E-state index in [1.807, 2.05) is 0 Å². The van der Waals surface area contributed by atoms with E-state index in [0.717, 1.165) is 24.8 Å². The number of hydrogen-bond acceptors (Lipinski definition) is 2. The zero-order valence-corrected chi connectivity index (χ0v) is 9.41. The highest BCUT2D eigenvalue weighted by Gasteiger charge is 2.31. The first kappa shape index (κ1) is 9.99. The molecule has 0 fully saturated rings. The van der Waals surface area contributed by atoms with Crippen LogP contribution in [0.15, 0.2) is 0 Å². The summed E-state index contributed by atoms with van der Waals surface area (Å²) in [5.74, 6) is -0.479. The van der Waals surface area contributed by atoms with Crippen LogP contribution in [0.1, 0.15) is 46.5 Å². The van der Waals surface area contributed by atoms with E-state index in [0.29, 0.717) is 15.8 Å². The van der Waals surface area contributed by atoms with Gasteiger partial charge in [0, 0.05) is 4.88 Å². The van der Waals surface area contributed by atoms with E-state index in [-0.39, 0.29) is 0 Å². The highest BCUT2D eigenvalue weighted by molar-refractivity contribution is 7.16. The quantitative estimate of drug-likeness (QED) is 0.844. The lowest BCUT2D eigenvalue weighted by molar-refractivity contribution is 0.0696. The van der Waals surface area contributed by atoms with Gasteiger partial charge in [-0.25, -0.2) is 4.79 Å². The summed E-state index contributed by atoms with van der Waals surface area (Å²) in [5, 5.41) is 9.05. The fourth-order valence-corrected chi connectivity index (χ4v) is 3.71. The monoisotopic (exact) mass is 230 g/mol. The van der Waals surface area contributed by atoms with Crippen LogP contribution in [0.2, 0.25) is 4.34 Å². The molecule has 0 spiro atoms. The number of thiophene rings is 1. The lowest BCUT2D eigenvalue weighted by Crippen LogP contribution is -2.02. The molecule has 4 heteroatoms. The van der Waals surface area contributed by atoms with Gasteiger partial charge >= 0.3 is 5.97 Å². The van der Waals surface area contributed by atoms with Crippen molar-refractivity contribution in [2.24, 2.45) is 0 Å². The second-order valence-corrected chi connectivity index (χ2v) is 5.24. The molecule has 1 N–H and O–H groups in total. The maximum atomic E-state index is 11.0. The van der Waals surface area contributed by atoms with Gasteiger partial charge in [0.2, 0.25) is 0 Å². The molecule has 76 valence electrons. The topological polar surface area (TPSA) is 37.3 Å². The van der Waals surface area contributed by atoms with E-state index in [2.05, 4.69) is 6.92 Å². The molecule has 0 radical (unpaired) electrons. The third-order valence-electron chi connectivity index (χ3n) is 2.81. The van der Waals surface area contributed by atoms with Gasteiger partial charge < -0.3 is 5.11 Å². The maximum Gasteiger partial charge on any atom is 0.338 e. The van der Waals surface area contributed by atoms with Crippen molar-refractivity contribution < 1.29 is 9.90 Å². The Morgan fingerprint density at radius 1 is 1.71 bits per heavy atom. The number of halogens is 1. The van der Waals surface area contributed by atoms with E-state index in [1.54, 1.807) is 0 Å². The van der Waals surface area contributed by atoms with Crippen molar-refractivity contribution in [3.8, 4) is 0 Å². The Balaban J connectivity index is 2.55. The number of carbonyl (C=O) groups is 1. The molecule has 2 nitrogen and oxygen atoms in total. The van der Waals surface area contributed by atoms with Crippen LogP contribution < -0.4 is 0 Å². The van der Waals surface area contributed by atoms with Crippen LogP contribution in [0.5, 0.6) is 0 Å². The van der Waals surface area contributed by atoms with Crippen molar-refractivity contribution in [1.29, 1.82) is 0 Å². The van der Waals surface area contributed by atoms with Crippen LogP contribution >= 0.6 is 22.9 Å². The molecule has 1 atom stereocenters. The molecule has 1 aromatic rings. The SMILES string of the molecule is CCC1CCc2sc(Cl)c(C(=O)O)c21. The first-order chi connectivity index (χ1) is 6.65. The molecule has 0 amide bonds. The van der Waals surface area contributed by atoms with Crippen molar-refractivity contribution in [3.05, 3.63) is 20.3 Å². The summed E-state index contributed by atoms with van der Waals surface area (Å²) in [6.07, 6.45) is 3.07. The molecule has 1 aromatic heterocycles. The average molecular weight is 231 g/mol. The highest BCUT2D eigenvalue weighted by atomic mass is 35.5. The number of carboxylic acid groups (broad SMARTS) is 1. The summed E-state index contributed by atoms with van der Waals surface area (Å²) in [7, 11) is 0. The number of rotatable bonds is 2. The number of fused-ring (bicyclic) bond motifs is 1. The van der Waals surface area contributed by atoms with Gasteiger partial charge in [0.25, 0.3) is 0 Å². The summed E-state index contributed by atoms with van der Waals surface area (Å²) in [6.45, 7) is 2.09. The molecule has 1 aliphatic carbocycles. The molecule has 0 bridgehead atoms. The summed E-state index contributed by atoms with van der Waals surface area (Å²) >= 11 is 7.35. The predicted octanol–water partition coefficient (Wildman–Crippen LogP) is 3.54. The standard InChI is InChI=1S/C10H11ClO2S/c1-2-5-3-4-6-7(5)8(10(12)13)9(11)14-6/h5H,2-4H2,1H3,(H,12,13). The molecule has 1 unspecified atom stereocenters. The minimum atomic E-state index is -0.882. The Morgan fingerprint density at radius 3 is 3.00 bits per heavy atom. The van der Waals surface area contributed by atoms with Gasteiger partial charge in [-0.15, -0.1) is 11.3 Å². The zero-order valence-electron chi connectivity index (χ0n) is 7.84. The van der Waals surface area contributed by atoms with Crippen LogP contribution in [0.3, 0.4) is 0 Å². The van der Waals surface area contributed by atoms with Gasteiger partial charge in [-0.1, -0.05) is 18.5 Å². The number of aromatic carboxylic acids is 1. The lowest BCUT2D eigenvalue weighted by atomic mass is 9.97. The molecule has 14 heavy (non-hydrogen) atoms. The molecular weight excluding hydrogens is 220 g/mol. The Bertz CT molecular complexity index is 384. The van der Waals surface area contributed by atoms with Gasteiger partial charge in [0.05, 0.1) is 5.56 Å². The van der Waals surface area contributed by atoms with Crippen molar-refractivity contribution in [1.82, 2.24) is 0 Å². The van der Waals surface area contributed by atoms with E-state index < -0.39 is 5.97 Å². The van der Waals surface area contributed by atoms with Crippen molar-refractivity contribution in [3.63, 3.8) is 0 Å². The summed E-state index contributed by atoms with van der Waals surface area (Å²) in [6, 6.07) is 0. The van der Waals surface area contributed by atoms with Gasteiger partial charge in [-0.2, -0.15) is 0 Å². The second kappa shape index (κ2) is 3.55. The van der Waals surface area contributed by atoms with E-state index in [9.17, 15) is 4.79 Å². The predicted molar refractivity (Wildman–Crippen MR) is 57.6 cm³/mol. The van der Waals surface area contributed by atoms with Crippen LogP contribution in [0, 0.1) is 0 Å². The lowest BCUT2D eigenvalue weighted by Gasteiger charge is -2.07. The zero-order chi connectivity index (χ0) is 10.3. The number of carboxylic acids is 1. The molecule has 2 rings (SSSR count). The third kappa shape index (κ3) is 1.35. The Labute approximate surface area is 91.5 Å². The minimum Gasteiger partial charge on any atom is -0.478 e. The molecule has 1 heterocycles. The van der Waals surface area contributed by atoms with Gasteiger partial charge in [-0.05, 0) is 30.7 Å². The van der Waals surface area contributed by atoms with E-state index in [1.165, 1.54) is 16.2 Å². The fraction of sp³-hybridized carbons (Fsp3) is 0.500. The van der Waals surface area contributed by atoms with Crippen LogP contribution in [0.4, 0.5) is 0 Å². The molecule has 0 aliphatic heterocycles. The molecule has 0 saturated heterocycles. The largest absolute Gasteiger partial charge is 0.478 e. The average Bonchev–Trinajstić information content (AvgIpc) is 2.60. The van der Waals surface area contributed by atoms with Crippen molar-refractivity contribution in [2.75, 3.05) is 0 Å². The first-order valence-electron chi connectivity index (χ1n) is 4.69. The normalized spacial score (nSPS) is 19.7. The van der Waals surface area contributed by atoms with E-state index >= 15 is 0 Å². The van der Waals surface area contributed by atoms with Crippen LogP contribution in [0.25, 0.3) is 0 Å². The second-order valence-electron chi connectivity index (χ2n) is 3.54. The minimum absolute atomic E-state index is 0.357. The first-order valence-corrected chi connectivity index (χ1v) is 5.89. The van der Waals surface area contributed by atoms with Gasteiger partial charge in [0.1, 0.15) is 4.34 Å². The Kier molecular flexibility index (Phi) is 2.54. The van der Waals surface area contributed by atoms with Gasteiger partial charge in [0.15, 0.2) is 0 Å². The van der Waals surface area contributed by atoms with Crippen molar-refractivity contribution in [2.45, 2.75) is 32.1 Å². The summed E-state index contributed by atoms with van der Waals surface area (Å²) < 4.78 is 0.445. The smallest absolute Gasteiger partial charge is 0.338 e. The highest BCUT2D eigenvalue weighted by Crippen LogP contribution is 2.45. The van der Waals surface area contributed by atoms with Gasteiger partial charge in [-0.3, -0.25) is 0 Å². The van der Waals surface area contributed by atoms with E-state index in [4.69, 9.17) is 16.7 Å². The van der Waals surface area contributed by atoms with Crippen LogP contribution in [-0.2, 0) is 6.42 Å². The fourth-order valence-electron chi connectivity index (χ4n) is 2.13. The summed E-state index contributed by atoms with van der Waals surface area (Å²) in [5.41, 5.74) is 1.37. The molecular formula is C10H11ClO2S.